The molecular weight excluding hydrogens is 361 g/mol. The number of rotatable bonds is 8. The average Bonchev–Trinajstić information content (AvgIpc) is 3.18. The van der Waals surface area contributed by atoms with Crippen molar-refractivity contribution in [2.45, 2.75) is 26.7 Å². The molecule has 28 heavy (non-hydrogen) atoms. The van der Waals surface area contributed by atoms with Crippen LogP contribution >= 0.6 is 0 Å². The van der Waals surface area contributed by atoms with Crippen molar-refractivity contribution in [2.75, 3.05) is 18.1 Å². The zero-order chi connectivity index (χ0) is 19.9. The van der Waals surface area contributed by atoms with Crippen LogP contribution in [-0.2, 0) is 11.2 Å². The smallest absolute Gasteiger partial charge is 0.227 e. The van der Waals surface area contributed by atoms with E-state index in [1.165, 1.54) is 12.1 Å². The predicted octanol–water partition coefficient (Wildman–Crippen LogP) is 4.26. The normalized spacial score (nSPS) is 10.7. The molecule has 0 aliphatic heterocycles. The number of nitrogens with zero attached hydrogens (tertiary/aromatic N) is 3. The number of carbonyl (C=O) groups is 1. The standard InChI is InChI=1S/C21H22FN3O3/c1-3-25(17-9-7-16(22)8-10-17)20(26)14-13-19-23-21(24-28-19)15-5-11-18(12-6-15)27-4-2/h5-12H,3-4,13-14H2,1-2H3. The van der Waals surface area contributed by atoms with E-state index in [9.17, 15) is 9.18 Å². The van der Waals surface area contributed by atoms with Crippen molar-refractivity contribution in [3.63, 3.8) is 0 Å². The third kappa shape index (κ3) is 4.73. The number of aromatic nitrogens is 2. The highest BCUT2D eigenvalue weighted by Crippen LogP contribution is 2.21. The highest BCUT2D eigenvalue weighted by atomic mass is 19.1. The van der Waals surface area contributed by atoms with E-state index in [2.05, 4.69) is 10.1 Å². The zero-order valence-electron chi connectivity index (χ0n) is 15.9. The van der Waals surface area contributed by atoms with Gasteiger partial charge in [-0.1, -0.05) is 5.16 Å². The summed E-state index contributed by atoms with van der Waals surface area (Å²) in [6.07, 6.45) is 0.552. The highest BCUT2D eigenvalue weighted by molar-refractivity contribution is 5.93. The fraction of sp³-hybridized carbons (Fsp3) is 0.286. The Morgan fingerprint density at radius 2 is 1.82 bits per heavy atom. The van der Waals surface area contributed by atoms with Crippen LogP contribution in [-0.4, -0.2) is 29.2 Å². The number of carbonyl (C=O) groups excluding carboxylic acids is 1. The van der Waals surface area contributed by atoms with Gasteiger partial charge in [-0.3, -0.25) is 4.79 Å². The molecule has 7 heteroatoms. The molecule has 1 heterocycles. The van der Waals surface area contributed by atoms with Crippen molar-refractivity contribution >= 4 is 11.6 Å². The number of hydrogen-bond acceptors (Lipinski definition) is 5. The van der Waals surface area contributed by atoms with Crippen LogP contribution in [0.4, 0.5) is 10.1 Å². The lowest BCUT2D eigenvalue weighted by Crippen LogP contribution is -2.30. The van der Waals surface area contributed by atoms with Crippen LogP contribution in [0.25, 0.3) is 11.4 Å². The van der Waals surface area contributed by atoms with Gasteiger partial charge in [0.25, 0.3) is 0 Å². The molecule has 2 aromatic carbocycles. The monoisotopic (exact) mass is 383 g/mol. The van der Waals surface area contributed by atoms with Crippen molar-refractivity contribution in [3.05, 3.63) is 60.2 Å². The number of ether oxygens (including phenoxy) is 1. The van der Waals surface area contributed by atoms with E-state index in [1.807, 2.05) is 38.1 Å². The zero-order valence-corrected chi connectivity index (χ0v) is 15.9. The molecule has 0 saturated carbocycles. The van der Waals surface area contributed by atoms with Gasteiger partial charge in [0.05, 0.1) is 6.61 Å². The Bertz CT molecular complexity index is 907. The van der Waals surface area contributed by atoms with Crippen molar-refractivity contribution in [3.8, 4) is 17.1 Å². The average molecular weight is 383 g/mol. The second-order valence-corrected chi connectivity index (χ2v) is 6.08. The Morgan fingerprint density at radius 1 is 1.11 bits per heavy atom. The van der Waals surface area contributed by atoms with Crippen LogP contribution < -0.4 is 9.64 Å². The molecule has 0 unspecified atom stereocenters. The fourth-order valence-corrected chi connectivity index (χ4v) is 2.81. The summed E-state index contributed by atoms with van der Waals surface area (Å²) in [4.78, 5) is 18.5. The quantitative estimate of drug-likeness (QED) is 0.581. The first-order valence-electron chi connectivity index (χ1n) is 9.22. The molecule has 0 N–H and O–H groups in total. The SMILES string of the molecule is CCOc1ccc(-c2noc(CCC(=O)N(CC)c3ccc(F)cc3)n2)cc1. The second-order valence-electron chi connectivity index (χ2n) is 6.08. The number of aryl methyl sites for hydroxylation is 1. The Hall–Kier alpha value is -3.22. The first-order valence-corrected chi connectivity index (χ1v) is 9.22. The molecule has 0 saturated heterocycles. The Labute approximate surface area is 162 Å². The van der Waals surface area contributed by atoms with Gasteiger partial charge in [-0.25, -0.2) is 4.39 Å². The summed E-state index contributed by atoms with van der Waals surface area (Å²) < 4.78 is 23.8. The Kier molecular flexibility index (Phi) is 6.37. The van der Waals surface area contributed by atoms with Gasteiger partial charge in [0.15, 0.2) is 0 Å². The Balaban J connectivity index is 1.61. The summed E-state index contributed by atoms with van der Waals surface area (Å²) in [5, 5.41) is 3.98. The Morgan fingerprint density at radius 3 is 2.46 bits per heavy atom. The number of benzene rings is 2. The molecule has 0 atom stereocenters. The molecule has 0 radical (unpaired) electrons. The van der Waals surface area contributed by atoms with E-state index < -0.39 is 0 Å². The van der Waals surface area contributed by atoms with Crippen LogP contribution in [0.2, 0.25) is 0 Å². The van der Waals surface area contributed by atoms with Gasteiger partial charge in [0, 0.05) is 30.6 Å². The van der Waals surface area contributed by atoms with Crippen LogP contribution in [0.5, 0.6) is 5.75 Å². The molecule has 0 fully saturated rings. The maximum Gasteiger partial charge on any atom is 0.227 e. The first-order chi connectivity index (χ1) is 13.6. The number of halogens is 1. The lowest BCUT2D eigenvalue weighted by Gasteiger charge is -2.20. The minimum atomic E-state index is -0.333. The molecule has 1 amide bonds. The van der Waals surface area contributed by atoms with E-state index in [1.54, 1.807) is 17.0 Å². The topological polar surface area (TPSA) is 68.5 Å². The lowest BCUT2D eigenvalue weighted by atomic mass is 10.2. The van der Waals surface area contributed by atoms with Gasteiger partial charge in [-0.05, 0) is 62.4 Å². The summed E-state index contributed by atoms with van der Waals surface area (Å²) in [5.41, 5.74) is 1.47. The molecule has 3 aromatic rings. The minimum Gasteiger partial charge on any atom is -0.494 e. The van der Waals surface area contributed by atoms with Crippen molar-refractivity contribution in [1.29, 1.82) is 0 Å². The van der Waals surface area contributed by atoms with Crippen LogP contribution in [0, 0.1) is 5.82 Å². The number of hydrogen-bond donors (Lipinski definition) is 0. The van der Waals surface area contributed by atoms with E-state index in [4.69, 9.17) is 9.26 Å². The molecule has 1 aromatic heterocycles. The number of anilines is 1. The summed E-state index contributed by atoms with van der Waals surface area (Å²) in [5.74, 6) is 1.22. The highest BCUT2D eigenvalue weighted by Gasteiger charge is 2.16. The molecule has 0 spiro atoms. The van der Waals surface area contributed by atoms with Gasteiger partial charge < -0.3 is 14.2 Å². The fourth-order valence-electron chi connectivity index (χ4n) is 2.81. The summed E-state index contributed by atoms with van der Waals surface area (Å²) in [6.45, 7) is 4.90. The molecule has 6 nitrogen and oxygen atoms in total. The maximum absolute atomic E-state index is 13.1. The molecule has 3 rings (SSSR count). The third-order valence-corrected chi connectivity index (χ3v) is 4.20. The third-order valence-electron chi connectivity index (χ3n) is 4.20. The summed E-state index contributed by atoms with van der Waals surface area (Å²) in [6, 6.07) is 13.3. The van der Waals surface area contributed by atoms with Crippen LogP contribution in [0.1, 0.15) is 26.2 Å². The molecule has 146 valence electrons. The molecule has 0 aliphatic rings. The lowest BCUT2D eigenvalue weighted by molar-refractivity contribution is -0.118. The molecule has 0 bridgehead atoms. The van der Waals surface area contributed by atoms with Gasteiger partial charge in [0.1, 0.15) is 11.6 Å². The van der Waals surface area contributed by atoms with Gasteiger partial charge in [-0.15, -0.1) is 0 Å². The summed E-state index contributed by atoms with van der Waals surface area (Å²) >= 11 is 0. The largest absolute Gasteiger partial charge is 0.494 e. The van der Waals surface area contributed by atoms with E-state index >= 15 is 0 Å². The second kappa shape index (κ2) is 9.12. The van der Waals surface area contributed by atoms with E-state index in [0.717, 1.165) is 11.3 Å². The first kappa shape index (κ1) is 19.5. The maximum atomic E-state index is 13.1. The van der Waals surface area contributed by atoms with E-state index in [-0.39, 0.29) is 18.1 Å². The van der Waals surface area contributed by atoms with E-state index in [0.29, 0.717) is 37.0 Å². The van der Waals surface area contributed by atoms with Crippen molar-refractivity contribution < 1.29 is 18.4 Å². The van der Waals surface area contributed by atoms with Gasteiger partial charge in [0.2, 0.25) is 17.6 Å². The predicted molar refractivity (Wildman–Crippen MR) is 104 cm³/mol. The van der Waals surface area contributed by atoms with Crippen LogP contribution in [0.15, 0.2) is 53.1 Å². The molecular formula is C21H22FN3O3. The van der Waals surface area contributed by atoms with Gasteiger partial charge in [-0.2, -0.15) is 4.98 Å². The number of amides is 1. The van der Waals surface area contributed by atoms with Crippen molar-refractivity contribution in [1.82, 2.24) is 10.1 Å². The minimum absolute atomic E-state index is 0.0880. The molecule has 0 aliphatic carbocycles. The van der Waals surface area contributed by atoms with Gasteiger partial charge >= 0.3 is 0 Å². The van der Waals surface area contributed by atoms with Crippen LogP contribution in [0.3, 0.4) is 0 Å². The van der Waals surface area contributed by atoms with Crippen molar-refractivity contribution in [2.24, 2.45) is 0 Å². The summed E-state index contributed by atoms with van der Waals surface area (Å²) in [7, 11) is 0.